The second-order valence-corrected chi connectivity index (χ2v) is 4.60. The van der Waals surface area contributed by atoms with Gasteiger partial charge in [0.1, 0.15) is 10.2 Å². The van der Waals surface area contributed by atoms with Crippen molar-refractivity contribution in [3.63, 3.8) is 0 Å². The minimum absolute atomic E-state index is 0.542. The molecule has 0 aliphatic carbocycles. The quantitative estimate of drug-likeness (QED) is 0.648. The molecular weight excluding hydrogens is 240 g/mol. The van der Waals surface area contributed by atoms with E-state index in [1.807, 2.05) is 35.7 Å². The summed E-state index contributed by atoms with van der Waals surface area (Å²) >= 11 is 7.39. The highest BCUT2D eigenvalue weighted by atomic mass is 35.5. The Balaban J connectivity index is 2.31. The molecule has 78 valence electrons. The second-order valence-electron chi connectivity index (χ2n) is 3.35. The summed E-state index contributed by atoms with van der Waals surface area (Å²) in [7, 11) is 0. The van der Waals surface area contributed by atoms with Crippen molar-refractivity contribution in [2.24, 2.45) is 0 Å². The molecule has 0 atom stereocenters. The fourth-order valence-electron chi connectivity index (χ4n) is 1.67. The molecule has 0 saturated heterocycles. The van der Waals surface area contributed by atoms with Gasteiger partial charge in [0.15, 0.2) is 0 Å². The van der Waals surface area contributed by atoms with Crippen molar-refractivity contribution in [1.82, 2.24) is 9.97 Å². The van der Waals surface area contributed by atoms with Crippen LogP contribution in [0.5, 0.6) is 0 Å². The molecule has 0 aliphatic heterocycles. The normalized spacial score (nSPS) is 10.8. The highest BCUT2D eigenvalue weighted by Crippen LogP contribution is 2.30. The summed E-state index contributed by atoms with van der Waals surface area (Å²) in [4.78, 5) is 8.61. The Morgan fingerprint density at radius 1 is 1.12 bits per heavy atom. The summed E-state index contributed by atoms with van der Waals surface area (Å²) in [6.45, 7) is 0. The molecule has 0 N–H and O–H groups in total. The predicted octanol–water partition coefficient (Wildman–Crippen LogP) is 4.01. The Bertz CT molecular complexity index is 643. The van der Waals surface area contributed by atoms with Crippen molar-refractivity contribution in [1.29, 1.82) is 0 Å². The number of hydrogen-bond donors (Lipinski definition) is 0. The lowest BCUT2D eigenvalue weighted by molar-refractivity contribution is 1.39. The highest BCUT2D eigenvalue weighted by Gasteiger charge is 2.07. The molecule has 1 aromatic carbocycles. The van der Waals surface area contributed by atoms with E-state index < -0.39 is 0 Å². The zero-order valence-electron chi connectivity index (χ0n) is 8.22. The molecule has 3 rings (SSSR count). The van der Waals surface area contributed by atoms with E-state index >= 15 is 0 Å². The number of hydrogen-bond acceptors (Lipinski definition) is 3. The van der Waals surface area contributed by atoms with Gasteiger partial charge in [-0.15, -0.1) is 11.3 Å². The van der Waals surface area contributed by atoms with E-state index in [1.54, 1.807) is 17.5 Å². The average Bonchev–Trinajstić information content (AvgIpc) is 2.75. The minimum Gasteiger partial charge on any atom is -0.256 e. The third kappa shape index (κ3) is 1.58. The van der Waals surface area contributed by atoms with Crippen molar-refractivity contribution in [3.05, 3.63) is 47.1 Å². The fraction of sp³-hybridized carbons (Fsp3) is 0. The lowest BCUT2D eigenvalue weighted by Gasteiger charge is -2.01. The molecule has 3 aromatic rings. The van der Waals surface area contributed by atoms with Gasteiger partial charge < -0.3 is 0 Å². The summed E-state index contributed by atoms with van der Waals surface area (Å²) < 4.78 is 0. The molecule has 4 heteroatoms. The molecule has 0 aliphatic rings. The van der Waals surface area contributed by atoms with Crippen LogP contribution in [0.25, 0.3) is 21.5 Å². The number of rotatable bonds is 1. The summed E-state index contributed by atoms with van der Waals surface area (Å²) in [5.74, 6) is 0. The first-order valence-electron chi connectivity index (χ1n) is 4.80. The number of nitrogens with zero attached hydrogens (tertiary/aromatic N) is 2. The van der Waals surface area contributed by atoms with Crippen molar-refractivity contribution < 1.29 is 0 Å². The highest BCUT2D eigenvalue weighted by molar-refractivity contribution is 7.13. The van der Waals surface area contributed by atoms with Crippen molar-refractivity contribution in [2.75, 3.05) is 0 Å². The summed E-state index contributed by atoms with van der Waals surface area (Å²) in [5.41, 5.74) is 2.06. The van der Waals surface area contributed by atoms with Gasteiger partial charge in [0.25, 0.3) is 0 Å². The number of aromatic nitrogens is 2. The Kier molecular flexibility index (Phi) is 2.35. The molecule has 0 bridgehead atoms. The third-order valence-electron chi connectivity index (χ3n) is 2.35. The Morgan fingerprint density at radius 3 is 2.88 bits per heavy atom. The SMILES string of the molecule is Clc1csc(-c2cccc3ncccc23)n1. The molecule has 0 radical (unpaired) electrons. The molecule has 16 heavy (non-hydrogen) atoms. The first kappa shape index (κ1) is 9.75. The van der Waals surface area contributed by atoms with E-state index in [-0.39, 0.29) is 0 Å². The topological polar surface area (TPSA) is 25.8 Å². The molecule has 0 amide bonds. The zero-order chi connectivity index (χ0) is 11.0. The maximum absolute atomic E-state index is 5.85. The van der Waals surface area contributed by atoms with Crippen molar-refractivity contribution >= 4 is 33.8 Å². The van der Waals surface area contributed by atoms with Crippen LogP contribution in [-0.2, 0) is 0 Å². The number of fused-ring (bicyclic) bond motifs is 1. The Hall–Kier alpha value is -1.45. The van der Waals surface area contributed by atoms with Crippen LogP contribution in [0.2, 0.25) is 5.15 Å². The van der Waals surface area contributed by atoms with Crippen LogP contribution < -0.4 is 0 Å². The molecule has 2 aromatic heterocycles. The molecule has 0 unspecified atom stereocenters. The summed E-state index contributed by atoms with van der Waals surface area (Å²) in [6.07, 6.45) is 1.79. The Labute approximate surface area is 102 Å². The van der Waals surface area contributed by atoms with Gasteiger partial charge in [-0.3, -0.25) is 4.98 Å². The van der Waals surface area contributed by atoms with E-state index in [9.17, 15) is 0 Å². The van der Waals surface area contributed by atoms with Gasteiger partial charge in [0.2, 0.25) is 0 Å². The lowest BCUT2D eigenvalue weighted by Crippen LogP contribution is -1.82. The van der Waals surface area contributed by atoms with Crippen LogP contribution in [-0.4, -0.2) is 9.97 Å². The van der Waals surface area contributed by atoms with Crippen LogP contribution in [0.3, 0.4) is 0 Å². The van der Waals surface area contributed by atoms with Crippen LogP contribution >= 0.6 is 22.9 Å². The van der Waals surface area contributed by atoms with Gasteiger partial charge >= 0.3 is 0 Å². The number of thiazole rings is 1. The van der Waals surface area contributed by atoms with E-state index in [1.165, 1.54) is 0 Å². The zero-order valence-corrected chi connectivity index (χ0v) is 9.79. The van der Waals surface area contributed by atoms with E-state index in [0.717, 1.165) is 21.5 Å². The van der Waals surface area contributed by atoms with E-state index in [0.29, 0.717) is 5.15 Å². The van der Waals surface area contributed by atoms with Gasteiger partial charge in [-0.25, -0.2) is 4.98 Å². The second kappa shape index (κ2) is 3.85. The monoisotopic (exact) mass is 246 g/mol. The largest absolute Gasteiger partial charge is 0.256 e. The van der Waals surface area contributed by atoms with Crippen LogP contribution in [0, 0.1) is 0 Å². The number of halogens is 1. The first-order chi connectivity index (χ1) is 7.84. The van der Waals surface area contributed by atoms with Gasteiger partial charge in [0.05, 0.1) is 5.52 Å². The molecular formula is C12H7ClN2S. The molecule has 2 nitrogen and oxygen atoms in total. The first-order valence-corrected chi connectivity index (χ1v) is 6.05. The lowest BCUT2D eigenvalue weighted by atomic mass is 10.1. The van der Waals surface area contributed by atoms with Gasteiger partial charge in [0, 0.05) is 22.5 Å². The standard InChI is InChI=1S/C12H7ClN2S/c13-11-7-16-12(15-11)9-3-1-5-10-8(9)4-2-6-14-10/h1-7H. The smallest absolute Gasteiger partial charge is 0.140 e. The molecule has 2 heterocycles. The third-order valence-corrected chi connectivity index (χ3v) is 3.55. The van der Waals surface area contributed by atoms with Gasteiger partial charge in [-0.2, -0.15) is 0 Å². The van der Waals surface area contributed by atoms with Crippen molar-refractivity contribution in [2.45, 2.75) is 0 Å². The molecule has 0 spiro atoms. The summed E-state index contributed by atoms with van der Waals surface area (Å²) in [5, 5.41) is 4.42. The van der Waals surface area contributed by atoms with Gasteiger partial charge in [-0.1, -0.05) is 29.8 Å². The Morgan fingerprint density at radius 2 is 2.06 bits per heavy atom. The maximum atomic E-state index is 5.85. The van der Waals surface area contributed by atoms with Crippen molar-refractivity contribution in [3.8, 4) is 10.6 Å². The number of pyridine rings is 1. The van der Waals surface area contributed by atoms with Crippen LogP contribution in [0.1, 0.15) is 0 Å². The predicted molar refractivity (Wildman–Crippen MR) is 67.9 cm³/mol. The van der Waals surface area contributed by atoms with Crippen LogP contribution in [0.4, 0.5) is 0 Å². The fourth-order valence-corrected chi connectivity index (χ4v) is 2.65. The molecule has 0 saturated carbocycles. The summed E-state index contributed by atoms with van der Waals surface area (Å²) in [6, 6.07) is 10.0. The number of benzene rings is 1. The minimum atomic E-state index is 0.542. The average molecular weight is 247 g/mol. The van der Waals surface area contributed by atoms with Gasteiger partial charge in [-0.05, 0) is 12.1 Å². The van der Waals surface area contributed by atoms with E-state index in [2.05, 4.69) is 9.97 Å². The maximum Gasteiger partial charge on any atom is 0.140 e. The molecule has 0 fully saturated rings. The van der Waals surface area contributed by atoms with E-state index in [4.69, 9.17) is 11.6 Å². The van der Waals surface area contributed by atoms with Crippen LogP contribution in [0.15, 0.2) is 41.9 Å².